The van der Waals surface area contributed by atoms with Crippen LogP contribution >= 0.6 is 11.8 Å². The summed E-state index contributed by atoms with van der Waals surface area (Å²) in [5.74, 6) is 2.39. The van der Waals surface area contributed by atoms with E-state index >= 15 is 0 Å². The largest absolute Gasteiger partial charge is 0.301 e. The summed E-state index contributed by atoms with van der Waals surface area (Å²) in [6.45, 7) is 4.61. The highest BCUT2D eigenvalue weighted by molar-refractivity contribution is 7.99. The van der Waals surface area contributed by atoms with Gasteiger partial charge in [0.05, 0.1) is 11.4 Å². The number of hydrogen-bond acceptors (Lipinski definition) is 4. The molecule has 0 atom stereocenters. The van der Waals surface area contributed by atoms with Gasteiger partial charge in [-0.2, -0.15) is 11.8 Å². The number of nitrogens with zero attached hydrogens (tertiary/aromatic N) is 2. The van der Waals surface area contributed by atoms with Gasteiger partial charge in [-0.05, 0) is 19.1 Å². The van der Waals surface area contributed by atoms with Crippen LogP contribution in [0.3, 0.4) is 0 Å². The van der Waals surface area contributed by atoms with Gasteiger partial charge in [0.15, 0.2) is 0 Å². The first-order valence-corrected chi connectivity index (χ1v) is 9.59. The predicted molar refractivity (Wildman–Crippen MR) is 87.1 cm³/mol. The normalized spacial score (nSPS) is 17.1. The summed E-state index contributed by atoms with van der Waals surface area (Å²) in [5, 5.41) is 0. The minimum atomic E-state index is -3.24. The molecule has 1 aliphatic heterocycles. The van der Waals surface area contributed by atoms with Crippen LogP contribution in [0.1, 0.15) is 5.56 Å². The highest BCUT2D eigenvalue weighted by atomic mass is 32.2. The van der Waals surface area contributed by atoms with Gasteiger partial charge in [-0.15, -0.1) is 0 Å². The highest BCUT2D eigenvalue weighted by Crippen LogP contribution is 2.17. The Morgan fingerprint density at radius 2 is 1.80 bits per heavy atom. The van der Waals surface area contributed by atoms with Crippen LogP contribution in [0.15, 0.2) is 24.3 Å². The molecule has 1 aromatic carbocycles. The number of hydrogen-bond donors (Lipinski definition) is 0. The molecule has 6 heteroatoms. The third-order valence-corrected chi connectivity index (χ3v) is 6.27. The zero-order chi connectivity index (χ0) is 14.6. The molecule has 4 nitrogen and oxygen atoms in total. The third kappa shape index (κ3) is 4.14. The van der Waals surface area contributed by atoms with Crippen LogP contribution in [0.2, 0.25) is 0 Å². The summed E-state index contributed by atoms with van der Waals surface area (Å²) in [4.78, 5) is 2.23. The van der Waals surface area contributed by atoms with Gasteiger partial charge in [0.1, 0.15) is 0 Å². The van der Waals surface area contributed by atoms with E-state index in [1.165, 1.54) is 4.31 Å². The molecule has 1 aliphatic rings. The molecular weight excluding hydrogens is 292 g/mol. The molecule has 0 saturated carbocycles. The smallest absolute Gasteiger partial charge is 0.236 e. The minimum Gasteiger partial charge on any atom is -0.301 e. The minimum absolute atomic E-state index is 0.183. The fraction of sp³-hybridized carbons (Fsp3) is 0.571. The van der Waals surface area contributed by atoms with E-state index in [-0.39, 0.29) is 5.75 Å². The van der Waals surface area contributed by atoms with Crippen LogP contribution in [0.4, 0.5) is 5.69 Å². The van der Waals surface area contributed by atoms with Gasteiger partial charge in [-0.1, -0.05) is 17.7 Å². The maximum Gasteiger partial charge on any atom is 0.236 e. The lowest BCUT2D eigenvalue weighted by Gasteiger charge is -2.27. The molecule has 0 unspecified atom stereocenters. The van der Waals surface area contributed by atoms with Crippen molar-refractivity contribution in [1.82, 2.24) is 4.90 Å². The van der Waals surface area contributed by atoms with E-state index in [9.17, 15) is 8.42 Å². The number of aryl methyl sites for hydroxylation is 1. The molecule has 0 N–H and O–H groups in total. The molecule has 0 spiro atoms. The quantitative estimate of drug-likeness (QED) is 0.831. The molecule has 0 radical (unpaired) electrons. The Morgan fingerprint density at radius 1 is 1.20 bits per heavy atom. The fourth-order valence-corrected chi connectivity index (χ4v) is 4.31. The molecule has 112 valence electrons. The lowest BCUT2D eigenvalue weighted by atomic mass is 10.2. The number of anilines is 1. The maximum atomic E-state index is 12.4. The summed E-state index contributed by atoms with van der Waals surface area (Å²) in [6, 6.07) is 7.57. The highest BCUT2D eigenvalue weighted by Gasteiger charge is 2.20. The second kappa shape index (κ2) is 6.83. The Kier molecular flexibility index (Phi) is 5.35. The SMILES string of the molecule is Cc1ccc(N(C)S(=O)(=O)CCN2CCSCC2)cc1. The van der Waals surface area contributed by atoms with Crippen LogP contribution in [-0.2, 0) is 10.0 Å². The Hall–Kier alpha value is -0.720. The first-order valence-electron chi connectivity index (χ1n) is 6.82. The molecule has 0 bridgehead atoms. The molecule has 1 aromatic rings. The topological polar surface area (TPSA) is 40.6 Å². The lowest BCUT2D eigenvalue weighted by molar-refractivity contribution is 0.320. The molecule has 0 aliphatic carbocycles. The summed E-state index contributed by atoms with van der Waals surface area (Å²) in [7, 11) is -1.61. The summed E-state index contributed by atoms with van der Waals surface area (Å²) in [6.07, 6.45) is 0. The standard InChI is InChI=1S/C14H22N2O2S2/c1-13-3-5-14(6-4-13)15(2)20(17,18)12-9-16-7-10-19-11-8-16/h3-6H,7-12H2,1-2H3. The van der Waals surface area contributed by atoms with Crippen molar-refractivity contribution < 1.29 is 8.42 Å². The predicted octanol–water partition coefficient (Wildman–Crippen LogP) is 1.81. The average Bonchev–Trinajstić information content (AvgIpc) is 2.46. The van der Waals surface area contributed by atoms with Gasteiger partial charge >= 0.3 is 0 Å². The number of thioether (sulfide) groups is 1. The fourth-order valence-electron chi connectivity index (χ4n) is 2.12. The van der Waals surface area contributed by atoms with Gasteiger partial charge in [0.25, 0.3) is 0 Å². The summed E-state index contributed by atoms with van der Waals surface area (Å²) < 4.78 is 26.1. The number of benzene rings is 1. The van der Waals surface area contributed by atoms with E-state index < -0.39 is 10.0 Å². The van der Waals surface area contributed by atoms with Gasteiger partial charge in [-0.3, -0.25) is 4.31 Å². The zero-order valence-electron chi connectivity index (χ0n) is 12.1. The van der Waals surface area contributed by atoms with Crippen LogP contribution in [0.5, 0.6) is 0 Å². The van der Waals surface area contributed by atoms with E-state index in [2.05, 4.69) is 4.90 Å². The maximum absolute atomic E-state index is 12.4. The van der Waals surface area contributed by atoms with Crippen molar-refractivity contribution >= 4 is 27.5 Å². The van der Waals surface area contributed by atoms with Crippen LogP contribution in [0.25, 0.3) is 0 Å². The Balaban J connectivity index is 1.96. The van der Waals surface area contributed by atoms with Gasteiger partial charge in [0, 0.05) is 38.2 Å². The van der Waals surface area contributed by atoms with Crippen LogP contribution in [-0.4, -0.2) is 57.3 Å². The second-order valence-electron chi connectivity index (χ2n) is 5.07. The van der Waals surface area contributed by atoms with E-state index in [1.807, 2.05) is 43.0 Å². The summed E-state index contributed by atoms with van der Waals surface area (Å²) in [5.41, 5.74) is 1.86. The van der Waals surface area contributed by atoms with Gasteiger partial charge in [0.2, 0.25) is 10.0 Å². The van der Waals surface area contributed by atoms with Gasteiger partial charge < -0.3 is 4.90 Å². The van der Waals surface area contributed by atoms with Crippen molar-refractivity contribution in [2.45, 2.75) is 6.92 Å². The van der Waals surface area contributed by atoms with Crippen molar-refractivity contribution in [1.29, 1.82) is 0 Å². The monoisotopic (exact) mass is 314 g/mol. The van der Waals surface area contributed by atoms with Crippen LogP contribution in [0, 0.1) is 6.92 Å². The number of sulfonamides is 1. The molecule has 0 amide bonds. The third-order valence-electron chi connectivity index (χ3n) is 3.58. The summed E-state index contributed by atoms with van der Waals surface area (Å²) >= 11 is 1.93. The Morgan fingerprint density at radius 3 is 2.40 bits per heavy atom. The first kappa shape index (κ1) is 15.7. The molecule has 20 heavy (non-hydrogen) atoms. The Bertz CT molecular complexity index is 523. The van der Waals surface area contributed by atoms with E-state index in [0.717, 1.165) is 35.8 Å². The first-order chi connectivity index (χ1) is 9.49. The van der Waals surface area contributed by atoms with Crippen molar-refractivity contribution in [2.24, 2.45) is 0 Å². The molecule has 2 rings (SSSR count). The van der Waals surface area contributed by atoms with Crippen molar-refractivity contribution in [2.75, 3.05) is 48.2 Å². The zero-order valence-corrected chi connectivity index (χ0v) is 13.7. The van der Waals surface area contributed by atoms with E-state index in [1.54, 1.807) is 7.05 Å². The second-order valence-corrected chi connectivity index (χ2v) is 8.42. The van der Waals surface area contributed by atoms with Crippen LogP contribution < -0.4 is 4.31 Å². The molecule has 1 fully saturated rings. The Labute approximate surface area is 126 Å². The lowest BCUT2D eigenvalue weighted by Crippen LogP contribution is -2.39. The number of rotatable bonds is 5. The molecule has 1 saturated heterocycles. The van der Waals surface area contributed by atoms with E-state index in [4.69, 9.17) is 0 Å². The van der Waals surface area contributed by atoms with Crippen molar-refractivity contribution in [3.05, 3.63) is 29.8 Å². The van der Waals surface area contributed by atoms with Crippen molar-refractivity contribution in [3.8, 4) is 0 Å². The molecule has 1 heterocycles. The molecule has 0 aromatic heterocycles. The average molecular weight is 314 g/mol. The van der Waals surface area contributed by atoms with Gasteiger partial charge in [-0.25, -0.2) is 8.42 Å². The molecular formula is C14H22N2O2S2. The van der Waals surface area contributed by atoms with Crippen molar-refractivity contribution in [3.63, 3.8) is 0 Å². The van der Waals surface area contributed by atoms with E-state index in [0.29, 0.717) is 6.54 Å².